The molecule has 1 aromatic heterocycles. The number of carbonyl (C=O) groups excluding carboxylic acids is 2. The number of carbonyl (C=O) groups is 2. The Morgan fingerprint density at radius 1 is 1.00 bits per heavy atom. The second-order valence-corrected chi connectivity index (χ2v) is 9.91. The van der Waals surface area contributed by atoms with Crippen molar-refractivity contribution >= 4 is 35.0 Å². The molecule has 3 aromatic rings. The van der Waals surface area contributed by atoms with E-state index in [1.807, 2.05) is 63.2 Å². The van der Waals surface area contributed by atoms with Crippen LogP contribution < -0.4 is 16.0 Å². The lowest BCUT2D eigenvalue weighted by atomic mass is 9.85. The van der Waals surface area contributed by atoms with Gasteiger partial charge >= 0.3 is 0 Å². The summed E-state index contributed by atoms with van der Waals surface area (Å²) in [6.07, 6.45) is 1.52. The van der Waals surface area contributed by atoms with Gasteiger partial charge in [0.2, 0.25) is 5.91 Å². The molecular formula is C29H28N4O3S. The molecule has 3 N–H and O–H groups in total. The number of benzene rings is 2. The van der Waals surface area contributed by atoms with Crippen molar-refractivity contribution in [2.75, 3.05) is 16.4 Å². The first-order chi connectivity index (χ1) is 17.8. The quantitative estimate of drug-likeness (QED) is 0.363. The number of nitrogens with zero attached hydrogens (tertiary/aromatic N) is 1. The number of hydrogen-bond acceptors (Lipinski definition) is 6. The van der Waals surface area contributed by atoms with Crippen molar-refractivity contribution < 1.29 is 14.0 Å². The van der Waals surface area contributed by atoms with Crippen LogP contribution >= 0.6 is 11.8 Å². The number of hydrogen-bond donors (Lipinski definition) is 3. The van der Waals surface area contributed by atoms with Gasteiger partial charge in [0, 0.05) is 17.1 Å². The van der Waals surface area contributed by atoms with E-state index in [0.29, 0.717) is 33.3 Å². The first kappa shape index (κ1) is 25.9. The van der Waals surface area contributed by atoms with Gasteiger partial charge in [0.15, 0.2) is 0 Å². The van der Waals surface area contributed by atoms with Crippen LogP contribution in [0.3, 0.4) is 0 Å². The highest BCUT2D eigenvalue weighted by Crippen LogP contribution is 2.41. The van der Waals surface area contributed by atoms with E-state index < -0.39 is 5.92 Å². The summed E-state index contributed by atoms with van der Waals surface area (Å²) >= 11 is 1.22. The molecule has 1 aliphatic heterocycles. The van der Waals surface area contributed by atoms with Crippen LogP contribution in [0.25, 0.3) is 0 Å². The smallest absolute Gasteiger partial charge is 0.254 e. The number of allylic oxidation sites excluding steroid dienone is 2. The van der Waals surface area contributed by atoms with E-state index >= 15 is 0 Å². The Bertz CT molecular complexity index is 1450. The van der Waals surface area contributed by atoms with Gasteiger partial charge in [0.25, 0.3) is 5.91 Å². The van der Waals surface area contributed by atoms with Gasteiger partial charge in [-0.05, 0) is 80.8 Å². The molecule has 0 radical (unpaired) electrons. The highest BCUT2D eigenvalue weighted by molar-refractivity contribution is 8.03. The van der Waals surface area contributed by atoms with Gasteiger partial charge in [-0.1, -0.05) is 30.0 Å². The Balaban J connectivity index is 1.57. The average Bonchev–Trinajstić information content (AvgIpc) is 3.39. The highest BCUT2D eigenvalue weighted by Gasteiger charge is 2.36. The van der Waals surface area contributed by atoms with Gasteiger partial charge in [-0.3, -0.25) is 9.59 Å². The molecule has 0 fully saturated rings. The van der Waals surface area contributed by atoms with Crippen LogP contribution in [0.5, 0.6) is 0 Å². The highest BCUT2D eigenvalue weighted by atomic mass is 32.2. The standard InChI is InChI=1S/C29H28N4O3S/c1-17-7-5-8-21(13-17)33-28(35)26-20(4)31-29(23(15-30)27(26)24-9-6-12-36-24)37-16-25(34)32-22-11-10-18(2)19(3)14-22/h5-14,27,31H,16H2,1-4H3,(H,32,34)(H,33,35)/t27-/m0/s1. The zero-order valence-electron chi connectivity index (χ0n) is 21.1. The number of nitrogens with one attached hydrogen (secondary N) is 3. The molecule has 2 heterocycles. The Morgan fingerprint density at radius 3 is 2.46 bits per heavy atom. The van der Waals surface area contributed by atoms with Gasteiger partial charge in [-0.2, -0.15) is 5.26 Å². The summed E-state index contributed by atoms with van der Waals surface area (Å²) in [6, 6.07) is 19.0. The summed E-state index contributed by atoms with van der Waals surface area (Å²) in [5, 5.41) is 19.7. The first-order valence-electron chi connectivity index (χ1n) is 11.8. The molecule has 8 heteroatoms. The first-order valence-corrected chi connectivity index (χ1v) is 12.8. The molecule has 0 saturated carbocycles. The van der Waals surface area contributed by atoms with Crippen LogP contribution in [0.1, 0.15) is 35.3 Å². The number of aryl methyl sites for hydroxylation is 3. The fraction of sp³-hybridized carbons (Fsp3) is 0.207. The van der Waals surface area contributed by atoms with Crippen LogP contribution in [-0.4, -0.2) is 17.6 Å². The van der Waals surface area contributed by atoms with Crippen molar-refractivity contribution in [1.29, 1.82) is 5.26 Å². The molecule has 0 bridgehead atoms. The van der Waals surface area contributed by atoms with Crippen molar-refractivity contribution in [3.63, 3.8) is 0 Å². The lowest BCUT2D eigenvalue weighted by molar-refractivity contribution is -0.114. The van der Waals surface area contributed by atoms with E-state index in [1.54, 1.807) is 19.1 Å². The minimum absolute atomic E-state index is 0.0867. The normalized spacial score (nSPS) is 15.2. The number of nitriles is 1. The SMILES string of the molecule is CC1=C(C(=O)Nc2cccc(C)c2)[C@H](c2ccco2)C(C#N)=C(SCC(=O)Nc2ccc(C)c(C)c2)N1. The van der Waals surface area contributed by atoms with Crippen LogP contribution in [0.2, 0.25) is 0 Å². The minimum atomic E-state index is -0.712. The van der Waals surface area contributed by atoms with Gasteiger partial charge < -0.3 is 20.4 Å². The number of rotatable bonds is 7. The van der Waals surface area contributed by atoms with Crippen LogP contribution in [-0.2, 0) is 9.59 Å². The van der Waals surface area contributed by atoms with E-state index in [2.05, 4.69) is 22.0 Å². The minimum Gasteiger partial charge on any atom is -0.468 e. The van der Waals surface area contributed by atoms with E-state index in [1.165, 1.54) is 18.0 Å². The molecule has 1 aliphatic rings. The lowest BCUT2D eigenvalue weighted by Crippen LogP contribution is -2.31. The van der Waals surface area contributed by atoms with Crippen molar-refractivity contribution in [3.8, 4) is 6.07 Å². The van der Waals surface area contributed by atoms with E-state index in [9.17, 15) is 14.9 Å². The molecule has 1 atom stereocenters. The number of anilines is 2. The number of thioether (sulfide) groups is 1. The Morgan fingerprint density at radius 2 is 1.78 bits per heavy atom. The van der Waals surface area contributed by atoms with Gasteiger partial charge in [0.1, 0.15) is 5.76 Å². The topological polar surface area (TPSA) is 107 Å². The molecular weight excluding hydrogens is 484 g/mol. The van der Waals surface area contributed by atoms with Crippen molar-refractivity contribution in [1.82, 2.24) is 5.32 Å². The monoisotopic (exact) mass is 512 g/mol. The molecule has 0 spiro atoms. The summed E-state index contributed by atoms with van der Waals surface area (Å²) < 4.78 is 5.66. The Labute approximate surface area is 220 Å². The van der Waals surface area contributed by atoms with E-state index in [0.717, 1.165) is 22.4 Å². The summed E-state index contributed by atoms with van der Waals surface area (Å²) in [7, 11) is 0. The third kappa shape index (κ3) is 5.96. The van der Waals surface area contributed by atoms with Crippen LogP contribution in [0.4, 0.5) is 11.4 Å². The van der Waals surface area contributed by atoms with Gasteiger partial charge in [-0.25, -0.2) is 0 Å². The number of amides is 2. The Hall–Kier alpha value is -4.22. The van der Waals surface area contributed by atoms with Crippen molar-refractivity contribution in [2.24, 2.45) is 0 Å². The maximum Gasteiger partial charge on any atom is 0.254 e. The van der Waals surface area contributed by atoms with E-state index in [4.69, 9.17) is 4.42 Å². The van der Waals surface area contributed by atoms with Crippen molar-refractivity contribution in [2.45, 2.75) is 33.6 Å². The lowest BCUT2D eigenvalue weighted by Gasteiger charge is -2.28. The molecule has 0 aliphatic carbocycles. The second-order valence-electron chi connectivity index (χ2n) is 8.93. The van der Waals surface area contributed by atoms with Crippen LogP contribution in [0.15, 0.2) is 87.1 Å². The molecule has 0 saturated heterocycles. The predicted molar refractivity (Wildman–Crippen MR) is 147 cm³/mol. The summed E-state index contributed by atoms with van der Waals surface area (Å²) in [5.74, 6) is -0.676. The second kappa shape index (κ2) is 11.2. The number of dihydropyridines is 1. The average molecular weight is 513 g/mol. The van der Waals surface area contributed by atoms with Gasteiger partial charge in [-0.15, -0.1) is 0 Å². The maximum absolute atomic E-state index is 13.4. The van der Waals surface area contributed by atoms with Gasteiger partial charge in [0.05, 0.1) is 40.2 Å². The molecule has 188 valence electrons. The predicted octanol–water partition coefficient (Wildman–Crippen LogP) is 5.91. The summed E-state index contributed by atoms with van der Waals surface area (Å²) in [5.41, 5.74) is 5.93. The fourth-order valence-electron chi connectivity index (χ4n) is 4.14. The Kier molecular flexibility index (Phi) is 7.85. The zero-order valence-corrected chi connectivity index (χ0v) is 22.0. The molecule has 4 rings (SSSR count). The van der Waals surface area contributed by atoms with Crippen molar-refractivity contribution in [3.05, 3.63) is 105 Å². The summed E-state index contributed by atoms with van der Waals surface area (Å²) in [4.78, 5) is 26.1. The summed E-state index contributed by atoms with van der Waals surface area (Å²) in [6.45, 7) is 7.74. The zero-order chi connectivity index (χ0) is 26.5. The van der Waals surface area contributed by atoms with Crippen LogP contribution in [0, 0.1) is 32.1 Å². The molecule has 2 aromatic carbocycles. The van der Waals surface area contributed by atoms with E-state index in [-0.39, 0.29) is 17.6 Å². The molecule has 37 heavy (non-hydrogen) atoms. The maximum atomic E-state index is 13.4. The molecule has 7 nitrogen and oxygen atoms in total. The third-order valence-electron chi connectivity index (χ3n) is 6.13. The third-order valence-corrected chi connectivity index (χ3v) is 7.15. The number of furan rings is 1. The fourth-order valence-corrected chi connectivity index (χ4v) is 5.03. The largest absolute Gasteiger partial charge is 0.468 e. The molecule has 0 unspecified atom stereocenters. The molecule has 2 amide bonds.